The van der Waals surface area contributed by atoms with Gasteiger partial charge in [0.25, 0.3) is 0 Å². The summed E-state index contributed by atoms with van der Waals surface area (Å²) in [6.45, 7) is 2.42. The summed E-state index contributed by atoms with van der Waals surface area (Å²) in [5.41, 5.74) is 3.16. The molecule has 3 aromatic rings. The molecule has 0 bridgehead atoms. The van der Waals surface area contributed by atoms with Gasteiger partial charge in [-0.05, 0) is 18.1 Å². The molecule has 1 N–H and O–H groups in total. The Hall–Kier alpha value is -2.88. The molecule has 0 atom stereocenters. The molecule has 3 rings (SSSR count). The lowest BCUT2D eigenvalue weighted by molar-refractivity contribution is -0.121. The van der Waals surface area contributed by atoms with Gasteiger partial charge in [-0.25, -0.2) is 0 Å². The van der Waals surface area contributed by atoms with Crippen LogP contribution in [0.2, 0.25) is 0 Å². The van der Waals surface area contributed by atoms with Gasteiger partial charge in [0.05, 0.1) is 5.69 Å². The number of nitrogens with zero attached hydrogens (tertiary/aromatic N) is 1. The molecule has 0 radical (unpaired) electrons. The van der Waals surface area contributed by atoms with E-state index in [-0.39, 0.29) is 11.8 Å². The Labute approximate surface area is 147 Å². The first kappa shape index (κ1) is 17.0. The number of carbonyl (C=O) groups excluding carboxylic acids is 1. The van der Waals surface area contributed by atoms with E-state index in [4.69, 9.17) is 4.52 Å². The van der Waals surface area contributed by atoms with Crippen LogP contribution in [0.15, 0.2) is 71.3 Å². The van der Waals surface area contributed by atoms with Crippen LogP contribution in [0, 0.1) is 6.92 Å². The van der Waals surface area contributed by atoms with Crippen LogP contribution in [0.25, 0.3) is 0 Å². The molecule has 0 unspecified atom stereocenters. The Bertz CT molecular complexity index is 758. The van der Waals surface area contributed by atoms with Crippen LogP contribution in [0.1, 0.15) is 34.9 Å². The van der Waals surface area contributed by atoms with Gasteiger partial charge in [0, 0.05) is 31.4 Å². The van der Waals surface area contributed by atoms with Gasteiger partial charge in [0.1, 0.15) is 5.76 Å². The van der Waals surface area contributed by atoms with E-state index in [1.54, 1.807) is 0 Å². The van der Waals surface area contributed by atoms with Crippen LogP contribution in [0.5, 0.6) is 0 Å². The smallest absolute Gasteiger partial charge is 0.220 e. The second-order valence-corrected chi connectivity index (χ2v) is 6.11. The summed E-state index contributed by atoms with van der Waals surface area (Å²) in [5, 5.41) is 6.93. The van der Waals surface area contributed by atoms with Crippen molar-refractivity contribution >= 4 is 5.91 Å². The molecule has 4 nitrogen and oxygen atoms in total. The van der Waals surface area contributed by atoms with Crippen molar-refractivity contribution in [2.45, 2.75) is 25.7 Å². The zero-order valence-electron chi connectivity index (χ0n) is 14.3. The Balaban J connectivity index is 1.62. The fraction of sp³-hybridized carbons (Fsp3) is 0.238. The molecule has 0 aliphatic carbocycles. The summed E-state index contributed by atoms with van der Waals surface area (Å²) < 4.78 is 5.04. The molecule has 0 aliphatic rings. The lowest BCUT2D eigenvalue weighted by Gasteiger charge is -2.17. The van der Waals surface area contributed by atoms with Gasteiger partial charge < -0.3 is 9.84 Å². The summed E-state index contributed by atoms with van der Waals surface area (Å²) in [5.74, 6) is 0.879. The maximum absolute atomic E-state index is 12.4. The third-order valence-corrected chi connectivity index (χ3v) is 4.17. The van der Waals surface area contributed by atoms with Crippen molar-refractivity contribution in [3.63, 3.8) is 0 Å². The summed E-state index contributed by atoms with van der Waals surface area (Å²) in [6, 6.07) is 22.2. The summed E-state index contributed by atoms with van der Waals surface area (Å²) >= 11 is 0. The van der Waals surface area contributed by atoms with Crippen LogP contribution in [0.3, 0.4) is 0 Å². The van der Waals surface area contributed by atoms with Crippen LogP contribution in [-0.4, -0.2) is 17.6 Å². The van der Waals surface area contributed by atoms with E-state index in [0.29, 0.717) is 19.4 Å². The zero-order chi connectivity index (χ0) is 17.5. The van der Waals surface area contributed by atoms with Crippen molar-refractivity contribution in [2.75, 3.05) is 6.54 Å². The molecule has 128 valence electrons. The number of carbonyl (C=O) groups is 1. The van der Waals surface area contributed by atoms with Crippen molar-refractivity contribution in [1.82, 2.24) is 10.5 Å². The van der Waals surface area contributed by atoms with Crippen LogP contribution in [0.4, 0.5) is 0 Å². The van der Waals surface area contributed by atoms with E-state index in [1.165, 1.54) is 0 Å². The van der Waals surface area contributed by atoms with Gasteiger partial charge in [-0.15, -0.1) is 0 Å². The molecular formula is C21H22N2O2. The quantitative estimate of drug-likeness (QED) is 0.714. The second-order valence-electron chi connectivity index (χ2n) is 6.11. The molecule has 2 aromatic carbocycles. The van der Waals surface area contributed by atoms with Gasteiger partial charge in [0.15, 0.2) is 0 Å². The third kappa shape index (κ3) is 4.80. The van der Waals surface area contributed by atoms with Crippen LogP contribution < -0.4 is 5.32 Å². The van der Waals surface area contributed by atoms with Crippen molar-refractivity contribution < 1.29 is 9.32 Å². The molecule has 1 heterocycles. The average Bonchev–Trinajstić information content (AvgIpc) is 3.06. The Kier molecular flexibility index (Phi) is 5.62. The van der Waals surface area contributed by atoms with Crippen LogP contribution >= 0.6 is 0 Å². The van der Waals surface area contributed by atoms with Gasteiger partial charge in [0.2, 0.25) is 5.91 Å². The fourth-order valence-corrected chi connectivity index (χ4v) is 2.92. The molecule has 4 heteroatoms. The average molecular weight is 334 g/mol. The molecule has 1 aromatic heterocycles. The number of nitrogens with one attached hydrogen (secondary N) is 1. The molecule has 0 saturated carbocycles. The molecule has 0 saturated heterocycles. The summed E-state index contributed by atoms with van der Waals surface area (Å²) in [7, 11) is 0. The van der Waals surface area contributed by atoms with Gasteiger partial charge in [-0.2, -0.15) is 0 Å². The van der Waals surface area contributed by atoms with E-state index in [1.807, 2.05) is 49.4 Å². The predicted molar refractivity (Wildman–Crippen MR) is 97.3 cm³/mol. The molecule has 0 aliphatic heterocycles. The van der Waals surface area contributed by atoms with E-state index < -0.39 is 0 Å². The highest BCUT2D eigenvalue weighted by Crippen LogP contribution is 2.27. The van der Waals surface area contributed by atoms with Crippen molar-refractivity contribution in [3.8, 4) is 0 Å². The highest BCUT2D eigenvalue weighted by molar-refractivity contribution is 5.77. The monoisotopic (exact) mass is 334 g/mol. The number of rotatable bonds is 7. The molecule has 25 heavy (non-hydrogen) atoms. The Morgan fingerprint density at radius 3 is 2.16 bits per heavy atom. The molecular weight excluding hydrogens is 312 g/mol. The molecule has 0 spiro atoms. The minimum absolute atomic E-state index is 0.0397. The summed E-state index contributed by atoms with van der Waals surface area (Å²) in [6.07, 6.45) is 1.09. The van der Waals surface area contributed by atoms with Crippen molar-refractivity contribution in [1.29, 1.82) is 0 Å². The highest BCUT2D eigenvalue weighted by Gasteiger charge is 2.17. The second kappa shape index (κ2) is 8.29. The minimum Gasteiger partial charge on any atom is -0.361 e. The zero-order valence-corrected chi connectivity index (χ0v) is 14.3. The number of amides is 1. The molecule has 1 amide bonds. The minimum atomic E-state index is 0.0397. The van der Waals surface area contributed by atoms with E-state index in [9.17, 15) is 4.79 Å². The maximum Gasteiger partial charge on any atom is 0.220 e. The van der Waals surface area contributed by atoms with E-state index in [2.05, 4.69) is 34.7 Å². The third-order valence-electron chi connectivity index (χ3n) is 4.17. The van der Waals surface area contributed by atoms with E-state index >= 15 is 0 Å². The van der Waals surface area contributed by atoms with Gasteiger partial charge in [-0.1, -0.05) is 65.8 Å². The number of hydrogen-bond acceptors (Lipinski definition) is 3. The predicted octanol–water partition coefficient (Wildman–Crippen LogP) is 3.86. The number of hydrogen-bond donors (Lipinski definition) is 1. The standard InChI is InChI=1S/C21H22N2O2/c1-16-14-19(23-25-16)12-13-22-21(24)15-20(17-8-4-2-5-9-17)18-10-6-3-7-11-18/h2-11,14,20H,12-13,15H2,1H3,(H,22,24). The largest absolute Gasteiger partial charge is 0.361 e. The first-order chi connectivity index (χ1) is 12.2. The first-order valence-electron chi connectivity index (χ1n) is 8.51. The first-order valence-corrected chi connectivity index (χ1v) is 8.51. The Morgan fingerprint density at radius 1 is 1.04 bits per heavy atom. The number of aromatic nitrogens is 1. The SMILES string of the molecule is Cc1cc(CCNC(=O)CC(c2ccccc2)c2ccccc2)no1. The highest BCUT2D eigenvalue weighted by atomic mass is 16.5. The van der Waals surface area contributed by atoms with Crippen molar-refractivity contribution in [3.05, 3.63) is 89.3 Å². The summed E-state index contributed by atoms with van der Waals surface area (Å²) in [4.78, 5) is 12.4. The topological polar surface area (TPSA) is 55.1 Å². The van der Waals surface area contributed by atoms with Crippen LogP contribution in [-0.2, 0) is 11.2 Å². The molecule has 0 fully saturated rings. The Morgan fingerprint density at radius 2 is 1.64 bits per heavy atom. The number of benzene rings is 2. The van der Waals surface area contributed by atoms with E-state index in [0.717, 1.165) is 22.6 Å². The van der Waals surface area contributed by atoms with Gasteiger partial charge in [-0.3, -0.25) is 4.79 Å². The lowest BCUT2D eigenvalue weighted by Crippen LogP contribution is -2.27. The number of aryl methyl sites for hydroxylation is 1. The fourth-order valence-electron chi connectivity index (χ4n) is 2.92. The van der Waals surface area contributed by atoms with Gasteiger partial charge >= 0.3 is 0 Å². The lowest BCUT2D eigenvalue weighted by atomic mass is 9.88. The van der Waals surface area contributed by atoms with Crippen molar-refractivity contribution in [2.24, 2.45) is 0 Å². The normalized spacial score (nSPS) is 10.8. The maximum atomic E-state index is 12.4.